The molecule has 27 heavy (non-hydrogen) atoms. The molecule has 1 heterocycles. The average molecular weight is 358 g/mol. The van der Waals surface area contributed by atoms with Crippen LogP contribution in [0.4, 0.5) is 5.69 Å². The average Bonchev–Trinajstić information content (AvgIpc) is 2.74. The highest BCUT2D eigenvalue weighted by molar-refractivity contribution is 5.97. The molecule has 0 radical (unpaired) electrons. The van der Waals surface area contributed by atoms with Crippen LogP contribution in [0.2, 0.25) is 0 Å². The monoisotopic (exact) mass is 358 g/mol. The van der Waals surface area contributed by atoms with Gasteiger partial charge >= 0.3 is 0 Å². The molecule has 0 fully saturated rings. The molecule has 0 aliphatic carbocycles. The van der Waals surface area contributed by atoms with Gasteiger partial charge in [0.2, 0.25) is 5.78 Å². The van der Waals surface area contributed by atoms with E-state index in [0.29, 0.717) is 29.3 Å². The number of ketones is 1. The number of carbonyl (C=O) groups excluding carboxylic acids is 1. The van der Waals surface area contributed by atoms with Gasteiger partial charge in [-0.2, -0.15) is 0 Å². The number of Topliss-reactive ketones (excluding diaryl/α,β-unsaturated/α-hetero) is 1. The van der Waals surface area contributed by atoms with Gasteiger partial charge in [0.15, 0.2) is 5.69 Å². The number of nitrogens with zero attached hydrogens (tertiary/aromatic N) is 2. The van der Waals surface area contributed by atoms with E-state index in [0.717, 1.165) is 5.56 Å². The van der Waals surface area contributed by atoms with Crippen molar-refractivity contribution < 1.29 is 14.6 Å². The first-order valence-electron chi connectivity index (χ1n) is 8.56. The Balaban J connectivity index is 1.77. The highest BCUT2D eigenvalue weighted by Gasteiger charge is 2.17. The molecule has 1 aromatic heterocycles. The maximum atomic E-state index is 12.1. The predicted molar refractivity (Wildman–Crippen MR) is 103 cm³/mol. The van der Waals surface area contributed by atoms with E-state index in [4.69, 9.17) is 11.3 Å². The van der Waals surface area contributed by atoms with Crippen molar-refractivity contribution in [2.75, 3.05) is 0 Å². The van der Waals surface area contributed by atoms with Crippen molar-refractivity contribution in [3.8, 4) is 22.8 Å². The molecule has 3 rings (SSSR count). The van der Waals surface area contributed by atoms with Crippen molar-refractivity contribution in [3.05, 3.63) is 83.8 Å². The molecule has 0 aliphatic rings. The van der Waals surface area contributed by atoms with E-state index in [-0.39, 0.29) is 11.5 Å². The van der Waals surface area contributed by atoms with Crippen LogP contribution < -0.4 is 4.74 Å². The molecule has 134 valence electrons. The second kappa shape index (κ2) is 8.26. The summed E-state index contributed by atoms with van der Waals surface area (Å²) in [6, 6.07) is 19.4. The molecule has 5 heteroatoms. The fourth-order valence-electron chi connectivity index (χ4n) is 2.51. The quantitative estimate of drug-likeness (QED) is 0.495. The summed E-state index contributed by atoms with van der Waals surface area (Å²) in [5.41, 5.74) is 2.30. The first-order valence-corrected chi connectivity index (χ1v) is 8.56. The number of aliphatic hydroxyl groups is 1. The Hall–Kier alpha value is -3.49. The summed E-state index contributed by atoms with van der Waals surface area (Å²) in [7, 11) is 0. The van der Waals surface area contributed by atoms with Gasteiger partial charge in [0.25, 0.3) is 0 Å². The molecule has 0 saturated carbocycles. The second-order valence-electron chi connectivity index (χ2n) is 5.93. The maximum absolute atomic E-state index is 12.1. The van der Waals surface area contributed by atoms with Crippen LogP contribution in [-0.2, 0) is 0 Å². The number of hydrogen-bond donors (Lipinski definition) is 1. The van der Waals surface area contributed by atoms with Gasteiger partial charge in [-0.15, -0.1) is 0 Å². The van der Waals surface area contributed by atoms with Gasteiger partial charge in [-0.1, -0.05) is 25.1 Å². The molecule has 1 N–H and O–H groups in total. The molecule has 0 bridgehead atoms. The van der Waals surface area contributed by atoms with Crippen LogP contribution >= 0.6 is 0 Å². The standard InChI is InChI=1S/C22H18N2O3/c1-3-21(25)22(26)20-6-4-5-19(24-20)15-7-11-17(12-8-15)27-18-13-9-16(23-2)10-14-18/h4-14,21,25H,3H2,1H3/t21-/m0/s1. The normalized spacial score (nSPS) is 11.4. The highest BCUT2D eigenvalue weighted by Crippen LogP contribution is 2.26. The lowest BCUT2D eigenvalue weighted by molar-refractivity contribution is 0.0735. The Morgan fingerprint density at radius 2 is 1.70 bits per heavy atom. The van der Waals surface area contributed by atoms with Crippen molar-refractivity contribution >= 4 is 11.5 Å². The molecule has 0 amide bonds. The fraction of sp³-hybridized carbons (Fsp3) is 0.136. The number of aliphatic hydroxyl groups excluding tert-OH is 1. The molecule has 0 unspecified atom stereocenters. The number of aromatic nitrogens is 1. The van der Waals surface area contributed by atoms with E-state index in [1.54, 1.807) is 43.3 Å². The number of pyridine rings is 1. The summed E-state index contributed by atoms with van der Waals surface area (Å²) in [5.74, 6) is 0.930. The minimum atomic E-state index is -1.03. The number of rotatable bonds is 6. The lowest BCUT2D eigenvalue weighted by Crippen LogP contribution is -2.20. The van der Waals surface area contributed by atoms with Crippen molar-refractivity contribution in [1.29, 1.82) is 0 Å². The zero-order chi connectivity index (χ0) is 19.2. The largest absolute Gasteiger partial charge is 0.457 e. The molecule has 1 atom stereocenters. The van der Waals surface area contributed by atoms with Crippen LogP contribution in [-0.4, -0.2) is 22.0 Å². The highest BCUT2D eigenvalue weighted by atomic mass is 16.5. The Bertz CT molecular complexity index is 974. The van der Waals surface area contributed by atoms with E-state index in [9.17, 15) is 9.90 Å². The van der Waals surface area contributed by atoms with E-state index in [2.05, 4.69) is 9.83 Å². The van der Waals surface area contributed by atoms with E-state index >= 15 is 0 Å². The molecule has 0 saturated heterocycles. The lowest BCUT2D eigenvalue weighted by atomic mass is 10.1. The summed E-state index contributed by atoms with van der Waals surface area (Å²) in [6.07, 6.45) is -0.675. The molecule has 0 aliphatic heterocycles. The fourth-order valence-corrected chi connectivity index (χ4v) is 2.51. The van der Waals surface area contributed by atoms with Gasteiger partial charge in [0, 0.05) is 5.56 Å². The Morgan fingerprint density at radius 3 is 2.30 bits per heavy atom. The summed E-state index contributed by atoms with van der Waals surface area (Å²) >= 11 is 0. The molecule has 0 spiro atoms. The number of hydrogen-bond acceptors (Lipinski definition) is 4. The van der Waals surface area contributed by atoms with Crippen LogP contribution in [0, 0.1) is 6.57 Å². The molecule has 5 nitrogen and oxygen atoms in total. The molecular formula is C22H18N2O3. The minimum absolute atomic E-state index is 0.252. The van der Waals surface area contributed by atoms with Gasteiger partial charge in [-0.3, -0.25) is 4.79 Å². The summed E-state index contributed by atoms with van der Waals surface area (Å²) in [6.45, 7) is 8.71. The Morgan fingerprint density at radius 1 is 1.07 bits per heavy atom. The minimum Gasteiger partial charge on any atom is -0.457 e. The third-order valence-corrected chi connectivity index (χ3v) is 4.04. The van der Waals surface area contributed by atoms with E-state index in [1.165, 1.54) is 0 Å². The van der Waals surface area contributed by atoms with Crippen LogP contribution in [0.1, 0.15) is 23.8 Å². The second-order valence-corrected chi connectivity index (χ2v) is 5.93. The van der Waals surface area contributed by atoms with Crippen LogP contribution in [0.25, 0.3) is 16.1 Å². The number of ether oxygens (including phenoxy) is 1. The zero-order valence-electron chi connectivity index (χ0n) is 14.8. The smallest absolute Gasteiger partial charge is 0.209 e. The molecule has 3 aromatic rings. The van der Waals surface area contributed by atoms with Gasteiger partial charge in [0.05, 0.1) is 12.3 Å². The molecule has 2 aromatic carbocycles. The van der Waals surface area contributed by atoms with Gasteiger partial charge < -0.3 is 9.84 Å². The first-order chi connectivity index (χ1) is 13.1. The summed E-state index contributed by atoms with van der Waals surface area (Å²) < 4.78 is 5.77. The van der Waals surface area contributed by atoms with Crippen LogP contribution in [0.15, 0.2) is 66.7 Å². The predicted octanol–water partition coefficient (Wildman–Crippen LogP) is 5.05. The van der Waals surface area contributed by atoms with Gasteiger partial charge in [-0.25, -0.2) is 9.83 Å². The van der Waals surface area contributed by atoms with Crippen molar-refractivity contribution in [2.24, 2.45) is 0 Å². The summed E-state index contributed by atoms with van der Waals surface area (Å²) in [4.78, 5) is 19.8. The van der Waals surface area contributed by atoms with Crippen LogP contribution in [0.5, 0.6) is 11.5 Å². The van der Waals surface area contributed by atoms with Crippen molar-refractivity contribution in [2.45, 2.75) is 19.4 Å². The summed E-state index contributed by atoms with van der Waals surface area (Å²) in [5, 5.41) is 9.73. The topological polar surface area (TPSA) is 63.8 Å². The van der Waals surface area contributed by atoms with Crippen LogP contribution in [0.3, 0.4) is 0 Å². The zero-order valence-corrected chi connectivity index (χ0v) is 14.8. The number of benzene rings is 2. The SMILES string of the molecule is [C-]#[N+]c1ccc(Oc2ccc(-c3cccc(C(=O)[C@@H](O)CC)n3)cc2)cc1. The number of carbonyl (C=O) groups is 1. The van der Waals surface area contributed by atoms with Gasteiger partial charge in [0.1, 0.15) is 23.3 Å². The maximum Gasteiger partial charge on any atom is 0.209 e. The Labute approximate surface area is 157 Å². The van der Waals surface area contributed by atoms with Gasteiger partial charge in [-0.05, 0) is 55.0 Å². The lowest BCUT2D eigenvalue weighted by Gasteiger charge is -2.09. The van der Waals surface area contributed by atoms with Crippen molar-refractivity contribution in [3.63, 3.8) is 0 Å². The van der Waals surface area contributed by atoms with E-state index in [1.807, 2.05) is 30.3 Å². The Kier molecular flexibility index (Phi) is 5.60. The first kappa shape index (κ1) is 18.3. The van der Waals surface area contributed by atoms with Crippen molar-refractivity contribution in [1.82, 2.24) is 4.98 Å². The third-order valence-electron chi connectivity index (χ3n) is 4.04. The van der Waals surface area contributed by atoms with E-state index < -0.39 is 6.10 Å². The molecular weight excluding hydrogens is 340 g/mol. The third kappa shape index (κ3) is 4.38.